The van der Waals surface area contributed by atoms with E-state index in [9.17, 15) is 14.9 Å². The van der Waals surface area contributed by atoms with E-state index in [-0.39, 0.29) is 17.2 Å². The summed E-state index contributed by atoms with van der Waals surface area (Å²) in [6.07, 6.45) is 0.890. The van der Waals surface area contributed by atoms with Crippen LogP contribution in [0.1, 0.15) is 18.1 Å². The first kappa shape index (κ1) is 22.6. The van der Waals surface area contributed by atoms with Crippen LogP contribution in [0.5, 0.6) is 0 Å². The molecule has 6 nitrogen and oxygen atoms in total. The van der Waals surface area contributed by atoms with Crippen LogP contribution >= 0.6 is 23.4 Å². The first-order valence-corrected chi connectivity index (χ1v) is 11.6. The van der Waals surface area contributed by atoms with E-state index in [1.165, 1.54) is 10.6 Å². The zero-order valence-corrected chi connectivity index (χ0v) is 19.3. The van der Waals surface area contributed by atoms with Gasteiger partial charge in [0.15, 0.2) is 5.16 Å². The Balaban J connectivity index is 1.67. The molecule has 0 aliphatic heterocycles. The number of nitrogens with one attached hydrogen (secondary N) is 1. The van der Waals surface area contributed by atoms with Gasteiger partial charge in [-0.15, -0.1) is 0 Å². The lowest BCUT2D eigenvalue weighted by atomic mass is 10.1. The molecule has 4 rings (SSSR count). The number of anilines is 1. The summed E-state index contributed by atoms with van der Waals surface area (Å²) in [5.41, 5.74) is 2.86. The van der Waals surface area contributed by atoms with E-state index in [0.717, 1.165) is 23.7 Å². The summed E-state index contributed by atoms with van der Waals surface area (Å²) in [7, 11) is 0. The van der Waals surface area contributed by atoms with Gasteiger partial charge >= 0.3 is 0 Å². The van der Waals surface area contributed by atoms with Gasteiger partial charge in [0, 0.05) is 5.02 Å². The third-order valence-corrected chi connectivity index (χ3v) is 6.23. The molecule has 164 valence electrons. The molecule has 0 spiro atoms. The number of amides is 1. The minimum Gasteiger partial charge on any atom is -0.324 e. The van der Waals surface area contributed by atoms with Gasteiger partial charge < -0.3 is 5.32 Å². The second kappa shape index (κ2) is 9.90. The van der Waals surface area contributed by atoms with E-state index in [0.29, 0.717) is 38.0 Å². The zero-order valence-electron chi connectivity index (χ0n) is 17.7. The molecule has 0 aliphatic carbocycles. The van der Waals surface area contributed by atoms with Crippen molar-refractivity contribution >= 4 is 45.9 Å². The van der Waals surface area contributed by atoms with Crippen molar-refractivity contribution in [3.63, 3.8) is 0 Å². The van der Waals surface area contributed by atoms with Gasteiger partial charge in [0.2, 0.25) is 5.91 Å². The number of halogens is 1. The van der Waals surface area contributed by atoms with E-state index in [1.807, 2.05) is 36.4 Å². The van der Waals surface area contributed by atoms with Crippen LogP contribution < -0.4 is 10.9 Å². The van der Waals surface area contributed by atoms with E-state index >= 15 is 0 Å². The van der Waals surface area contributed by atoms with Crippen LogP contribution in [0.2, 0.25) is 5.02 Å². The third kappa shape index (κ3) is 4.92. The van der Waals surface area contributed by atoms with Gasteiger partial charge in [-0.25, -0.2) is 4.98 Å². The van der Waals surface area contributed by atoms with Crippen LogP contribution in [0.25, 0.3) is 16.6 Å². The second-order valence-electron chi connectivity index (χ2n) is 7.21. The number of nitrogens with zero attached hydrogens (tertiary/aromatic N) is 3. The molecule has 33 heavy (non-hydrogen) atoms. The average molecular weight is 475 g/mol. The molecule has 0 saturated heterocycles. The fourth-order valence-corrected chi connectivity index (χ4v) is 4.34. The number of para-hydroxylation sites is 1. The molecule has 1 aromatic heterocycles. The van der Waals surface area contributed by atoms with Gasteiger partial charge in [-0.2, -0.15) is 5.26 Å². The first-order valence-electron chi connectivity index (χ1n) is 10.2. The molecule has 0 bridgehead atoms. The van der Waals surface area contributed by atoms with Gasteiger partial charge in [0.1, 0.15) is 6.07 Å². The maximum atomic E-state index is 13.3. The first-order chi connectivity index (χ1) is 16.0. The third-order valence-electron chi connectivity index (χ3n) is 5.06. The van der Waals surface area contributed by atoms with E-state index < -0.39 is 0 Å². The molecule has 0 aliphatic rings. The lowest BCUT2D eigenvalue weighted by Gasteiger charge is -2.14. The van der Waals surface area contributed by atoms with E-state index in [1.54, 1.807) is 30.3 Å². The summed E-state index contributed by atoms with van der Waals surface area (Å²) < 4.78 is 1.53. The molecule has 4 aromatic rings. The Bertz CT molecular complexity index is 1440. The quantitative estimate of drug-likeness (QED) is 0.306. The Kier molecular flexibility index (Phi) is 6.78. The number of thioether (sulfide) groups is 1. The van der Waals surface area contributed by atoms with Gasteiger partial charge in [0.05, 0.1) is 33.6 Å². The van der Waals surface area contributed by atoms with Crippen molar-refractivity contribution in [2.24, 2.45) is 0 Å². The summed E-state index contributed by atoms with van der Waals surface area (Å²) in [6.45, 7) is 2.07. The minimum atomic E-state index is -0.339. The molecule has 8 heteroatoms. The van der Waals surface area contributed by atoms with Crippen LogP contribution in [0.4, 0.5) is 5.69 Å². The Morgan fingerprint density at radius 1 is 1.15 bits per heavy atom. The number of carbonyl (C=O) groups excluding carboxylic acids is 1. The van der Waals surface area contributed by atoms with Crippen LogP contribution in [0.15, 0.2) is 76.7 Å². The predicted octanol–water partition coefficient (Wildman–Crippen LogP) is 5.20. The van der Waals surface area contributed by atoms with Gasteiger partial charge in [0.25, 0.3) is 5.56 Å². The zero-order chi connectivity index (χ0) is 23.4. The van der Waals surface area contributed by atoms with Gasteiger partial charge in [-0.3, -0.25) is 14.2 Å². The second-order valence-corrected chi connectivity index (χ2v) is 8.59. The topological polar surface area (TPSA) is 87.8 Å². The molecular weight excluding hydrogens is 456 g/mol. The number of hydrogen-bond donors (Lipinski definition) is 1. The normalized spacial score (nSPS) is 10.7. The predicted molar refractivity (Wildman–Crippen MR) is 132 cm³/mol. The smallest absolute Gasteiger partial charge is 0.266 e. The number of nitriles is 1. The average Bonchev–Trinajstić information content (AvgIpc) is 2.83. The maximum Gasteiger partial charge on any atom is 0.266 e. The Morgan fingerprint density at radius 3 is 2.64 bits per heavy atom. The number of hydrogen-bond acceptors (Lipinski definition) is 5. The highest BCUT2D eigenvalue weighted by Gasteiger charge is 2.15. The van der Waals surface area contributed by atoms with Gasteiger partial charge in [-0.1, -0.05) is 54.6 Å². The Morgan fingerprint density at radius 2 is 1.91 bits per heavy atom. The number of aryl methyl sites for hydroxylation is 1. The molecule has 0 unspecified atom stereocenters. The molecular formula is C25H19ClN4O2S. The van der Waals surface area contributed by atoms with Crippen LogP contribution in [0.3, 0.4) is 0 Å². The summed E-state index contributed by atoms with van der Waals surface area (Å²) in [5, 5.41) is 13.3. The molecule has 3 aromatic carbocycles. The van der Waals surface area contributed by atoms with Crippen molar-refractivity contribution in [2.75, 3.05) is 11.1 Å². The summed E-state index contributed by atoms with van der Waals surface area (Å²) in [4.78, 5) is 30.6. The number of carbonyl (C=O) groups is 1. The number of aromatic nitrogens is 2. The molecule has 1 heterocycles. The van der Waals surface area contributed by atoms with E-state index in [4.69, 9.17) is 11.6 Å². The lowest BCUT2D eigenvalue weighted by Crippen LogP contribution is -2.23. The van der Waals surface area contributed by atoms with Crippen molar-refractivity contribution in [3.05, 3.63) is 93.2 Å². The largest absolute Gasteiger partial charge is 0.324 e. The molecule has 0 saturated carbocycles. The van der Waals surface area contributed by atoms with Crippen LogP contribution in [-0.2, 0) is 11.2 Å². The highest BCUT2D eigenvalue weighted by Crippen LogP contribution is 2.24. The van der Waals surface area contributed by atoms with Crippen molar-refractivity contribution in [1.29, 1.82) is 5.26 Å². The van der Waals surface area contributed by atoms with Crippen molar-refractivity contribution in [2.45, 2.75) is 18.5 Å². The number of rotatable bonds is 6. The van der Waals surface area contributed by atoms with E-state index in [2.05, 4.69) is 17.2 Å². The van der Waals surface area contributed by atoms with Crippen molar-refractivity contribution in [3.8, 4) is 11.8 Å². The monoisotopic (exact) mass is 474 g/mol. The fourth-order valence-electron chi connectivity index (χ4n) is 3.35. The van der Waals surface area contributed by atoms with Crippen LogP contribution in [0, 0.1) is 11.3 Å². The minimum absolute atomic E-state index is 0.00476. The maximum absolute atomic E-state index is 13.3. The highest BCUT2D eigenvalue weighted by atomic mass is 35.5. The number of benzene rings is 3. The highest BCUT2D eigenvalue weighted by molar-refractivity contribution is 7.99. The molecule has 1 amide bonds. The molecule has 0 atom stereocenters. The lowest BCUT2D eigenvalue weighted by molar-refractivity contribution is -0.113. The van der Waals surface area contributed by atoms with Crippen LogP contribution in [-0.4, -0.2) is 21.2 Å². The fraction of sp³-hybridized carbons (Fsp3) is 0.120. The van der Waals surface area contributed by atoms with Crippen molar-refractivity contribution in [1.82, 2.24) is 9.55 Å². The molecule has 0 radical (unpaired) electrons. The SMILES string of the molecule is CCc1ccc(-n2c(SCC(=O)Nc3cc(Cl)ccc3C#N)nc3ccccc3c2=O)cc1. The standard InChI is InChI=1S/C25H19ClN4O2S/c1-2-16-7-11-19(12-8-16)30-24(32)20-5-3-4-6-21(20)29-25(30)33-15-23(31)28-22-13-18(26)10-9-17(22)14-27/h3-13H,2,15H2,1H3,(H,28,31). The summed E-state index contributed by atoms with van der Waals surface area (Å²) in [5.74, 6) is -0.344. The Labute approximate surface area is 199 Å². The summed E-state index contributed by atoms with van der Waals surface area (Å²) >= 11 is 7.15. The molecule has 1 N–H and O–H groups in total. The number of fused-ring (bicyclic) bond motifs is 1. The van der Waals surface area contributed by atoms with Gasteiger partial charge in [-0.05, 0) is 54.4 Å². The Hall–Kier alpha value is -3.60. The molecule has 0 fully saturated rings. The van der Waals surface area contributed by atoms with Crippen molar-refractivity contribution < 1.29 is 4.79 Å². The summed E-state index contributed by atoms with van der Waals surface area (Å²) in [6, 6.07) is 21.5.